The molecule has 100 valence electrons. The summed E-state index contributed by atoms with van der Waals surface area (Å²) in [6, 6.07) is 0. The zero-order valence-corrected chi connectivity index (χ0v) is 12.2. The van der Waals surface area contributed by atoms with E-state index in [1.165, 1.54) is 32.1 Å². The lowest BCUT2D eigenvalue weighted by Gasteiger charge is -2.27. The van der Waals surface area contributed by atoms with E-state index in [0.29, 0.717) is 10.9 Å². The number of aliphatic carboxylic acids is 1. The van der Waals surface area contributed by atoms with Crippen LogP contribution in [0, 0.1) is 5.92 Å². The highest BCUT2D eigenvalue weighted by molar-refractivity contribution is 8.01. The fourth-order valence-corrected chi connectivity index (χ4v) is 4.87. The first-order valence-corrected chi connectivity index (χ1v) is 8.26. The summed E-state index contributed by atoms with van der Waals surface area (Å²) in [6.45, 7) is 2.27. The molecule has 1 aliphatic carbocycles. The Morgan fingerprint density at radius 1 is 1.61 bits per heavy atom. The Hall–Kier alpha value is -0.550. The van der Waals surface area contributed by atoms with E-state index in [-0.39, 0.29) is 6.42 Å². The molecule has 0 amide bonds. The molecule has 1 N–H and O–H groups in total. The first-order chi connectivity index (χ1) is 8.67. The smallest absolute Gasteiger partial charge is 0.309 e. The van der Waals surface area contributed by atoms with Gasteiger partial charge >= 0.3 is 5.97 Å². The van der Waals surface area contributed by atoms with E-state index in [4.69, 9.17) is 5.11 Å². The van der Waals surface area contributed by atoms with Crippen molar-refractivity contribution in [2.24, 2.45) is 5.92 Å². The number of carbonyl (C=O) groups is 1. The molecule has 1 aromatic heterocycles. The van der Waals surface area contributed by atoms with Crippen molar-refractivity contribution >= 4 is 29.1 Å². The SMILES string of the molecule is CCC1CCCC(Sc2nc(CC(=O)O)cs2)C1. The van der Waals surface area contributed by atoms with Gasteiger partial charge in [0.05, 0.1) is 12.1 Å². The number of rotatable bonds is 5. The standard InChI is InChI=1S/C13H19NO2S2/c1-2-9-4-3-5-11(6-9)18-13-14-10(8-17-13)7-12(15)16/h8-9,11H,2-7H2,1H3,(H,15,16). The van der Waals surface area contributed by atoms with Crippen LogP contribution in [-0.2, 0) is 11.2 Å². The Morgan fingerprint density at radius 2 is 2.44 bits per heavy atom. The van der Waals surface area contributed by atoms with Gasteiger partial charge in [-0.15, -0.1) is 11.3 Å². The number of aromatic nitrogens is 1. The Morgan fingerprint density at radius 3 is 3.17 bits per heavy atom. The van der Waals surface area contributed by atoms with Crippen molar-refractivity contribution in [1.29, 1.82) is 0 Å². The number of hydrogen-bond donors (Lipinski definition) is 1. The fraction of sp³-hybridized carbons (Fsp3) is 0.692. The van der Waals surface area contributed by atoms with Gasteiger partial charge < -0.3 is 5.11 Å². The van der Waals surface area contributed by atoms with E-state index < -0.39 is 5.97 Å². The summed E-state index contributed by atoms with van der Waals surface area (Å²) >= 11 is 3.43. The maximum atomic E-state index is 10.6. The van der Waals surface area contributed by atoms with Crippen molar-refractivity contribution in [2.45, 2.75) is 55.0 Å². The van der Waals surface area contributed by atoms with Crippen LogP contribution in [0.5, 0.6) is 0 Å². The average Bonchev–Trinajstić information content (AvgIpc) is 2.76. The molecule has 0 aliphatic heterocycles. The summed E-state index contributed by atoms with van der Waals surface area (Å²) in [5.41, 5.74) is 0.692. The minimum absolute atomic E-state index is 0.0410. The maximum absolute atomic E-state index is 10.6. The molecule has 0 spiro atoms. The Labute approximate surface area is 116 Å². The van der Waals surface area contributed by atoms with Gasteiger partial charge in [0.2, 0.25) is 0 Å². The maximum Gasteiger partial charge on any atom is 0.309 e. The Balaban J connectivity index is 1.88. The topological polar surface area (TPSA) is 50.2 Å². The summed E-state index contributed by atoms with van der Waals surface area (Å²) in [6.07, 6.45) is 6.57. The van der Waals surface area contributed by atoms with Crippen LogP contribution in [0.15, 0.2) is 9.72 Å². The fourth-order valence-electron chi connectivity index (χ4n) is 2.44. The summed E-state index contributed by atoms with van der Waals surface area (Å²) < 4.78 is 1.04. The number of thiazole rings is 1. The molecule has 0 saturated heterocycles. The van der Waals surface area contributed by atoms with Crippen LogP contribution in [0.4, 0.5) is 0 Å². The van der Waals surface area contributed by atoms with Gasteiger partial charge in [-0.05, 0) is 18.8 Å². The molecular formula is C13H19NO2S2. The van der Waals surface area contributed by atoms with Gasteiger partial charge in [0.25, 0.3) is 0 Å². The van der Waals surface area contributed by atoms with Gasteiger partial charge in [0.15, 0.2) is 0 Å². The molecular weight excluding hydrogens is 266 g/mol. The minimum Gasteiger partial charge on any atom is -0.481 e. The van der Waals surface area contributed by atoms with Crippen molar-refractivity contribution in [2.75, 3.05) is 0 Å². The summed E-state index contributed by atoms with van der Waals surface area (Å²) in [5, 5.41) is 11.3. The molecule has 0 aromatic carbocycles. The van der Waals surface area contributed by atoms with Crippen LogP contribution in [0.3, 0.4) is 0 Å². The van der Waals surface area contributed by atoms with E-state index in [1.54, 1.807) is 11.3 Å². The van der Waals surface area contributed by atoms with Crippen molar-refractivity contribution in [3.8, 4) is 0 Å². The van der Waals surface area contributed by atoms with Gasteiger partial charge in [-0.1, -0.05) is 37.9 Å². The van der Waals surface area contributed by atoms with Crippen molar-refractivity contribution in [3.63, 3.8) is 0 Å². The molecule has 2 rings (SSSR count). The molecule has 1 fully saturated rings. The molecule has 18 heavy (non-hydrogen) atoms. The molecule has 3 nitrogen and oxygen atoms in total. The largest absolute Gasteiger partial charge is 0.481 e. The van der Waals surface area contributed by atoms with E-state index in [1.807, 2.05) is 17.1 Å². The van der Waals surface area contributed by atoms with Gasteiger partial charge in [-0.2, -0.15) is 0 Å². The number of carboxylic acids is 1. The van der Waals surface area contributed by atoms with E-state index in [0.717, 1.165) is 10.3 Å². The lowest BCUT2D eigenvalue weighted by atomic mass is 9.87. The second-order valence-corrected chi connectivity index (χ2v) is 7.26. The molecule has 1 aromatic rings. The van der Waals surface area contributed by atoms with Crippen LogP contribution in [0.1, 0.15) is 44.7 Å². The third-order valence-electron chi connectivity index (χ3n) is 3.44. The third-order valence-corrected chi connectivity index (χ3v) is 5.76. The van der Waals surface area contributed by atoms with Gasteiger partial charge in [-0.3, -0.25) is 4.79 Å². The zero-order valence-electron chi connectivity index (χ0n) is 10.6. The molecule has 2 unspecified atom stereocenters. The van der Waals surface area contributed by atoms with Crippen LogP contribution >= 0.6 is 23.1 Å². The van der Waals surface area contributed by atoms with Gasteiger partial charge in [0.1, 0.15) is 4.34 Å². The zero-order chi connectivity index (χ0) is 13.0. The first kappa shape index (κ1) is 13.9. The molecule has 5 heteroatoms. The molecule has 0 bridgehead atoms. The monoisotopic (exact) mass is 285 g/mol. The number of nitrogens with zero attached hydrogens (tertiary/aromatic N) is 1. The summed E-state index contributed by atoms with van der Waals surface area (Å²) in [4.78, 5) is 15.0. The Bertz CT molecular complexity index is 405. The molecule has 0 radical (unpaired) electrons. The van der Waals surface area contributed by atoms with Crippen LogP contribution in [-0.4, -0.2) is 21.3 Å². The van der Waals surface area contributed by atoms with Crippen molar-refractivity contribution in [1.82, 2.24) is 4.98 Å². The Kier molecular flexibility index (Phi) is 5.06. The van der Waals surface area contributed by atoms with Gasteiger partial charge in [0, 0.05) is 10.6 Å². The summed E-state index contributed by atoms with van der Waals surface area (Å²) in [7, 11) is 0. The average molecular weight is 285 g/mol. The molecule has 1 aliphatic rings. The predicted octanol–water partition coefficient (Wildman–Crippen LogP) is 3.83. The number of thioether (sulfide) groups is 1. The quantitative estimate of drug-likeness (QED) is 0.893. The normalized spacial score (nSPS) is 24.1. The predicted molar refractivity (Wildman–Crippen MR) is 75.3 cm³/mol. The van der Waals surface area contributed by atoms with Gasteiger partial charge in [-0.25, -0.2) is 4.98 Å². The van der Waals surface area contributed by atoms with Crippen molar-refractivity contribution < 1.29 is 9.90 Å². The van der Waals surface area contributed by atoms with E-state index >= 15 is 0 Å². The second kappa shape index (κ2) is 6.57. The molecule has 2 atom stereocenters. The third kappa shape index (κ3) is 3.99. The number of carboxylic acid groups (broad SMARTS) is 1. The highest BCUT2D eigenvalue weighted by Crippen LogP contribution is 2.38. The minimum atomic E-state index is -0.805. The molecule has 1 heterocycles. The first-order valence-electron chi connectivity index (χ1n) is 6.50. The lowest BCUT2D eigenvalue weighted by Crippen LogP contribution is -2.16. The highest BCUT2D eigenvalue weighted by atomic mass is 32.2. The van der Waals surface area contributed by atoms with Crippen LogP contribution in [0.2, 0.25) is 0 Å². The van der Waals surface area contributed by atoms with Crippen molar-refractivity contribution in [3.05, 3.63) is 11.1 Å². The van der Waals surface area contributed by atoms with E-state index in [2.05, 4.69) is 11.9 Å². The van der Waals surface area contributed by atoms with Crippen LogP contribution < -0.4 is 0 Å². The second-order valence-electron chi connectivity index (χ2n) is 4.86. The van der Waals surface area contributed by atoms with Crippen LogP contribution in [0.25, 0.3) is 0 Å². The summed E-state index contributed by atoms with van der Waals surface area (Å²) in [5.74, 6) is 0.0651. The highest BCUT2D eigenvalue weighted by Gasteiger charge is 2.22. The molecule has 1 saturated carbocycles. The lowest BCUT2D eigenvalue weighted by molar-refractivity contribution is -0.136. The number of hydrogen-bond acceptors (Lipinski definition) is 4. The van der Waals surface area contributed by atoms with E-state index in [9.17, 15) is 4.79 Å².